The van der Waals surface area contributed by atoms with E-state index in [2.05, 4.69) is 17.6 Å². The first-order valence-corrected chi connectivity index (χ1v) is 18.3. The Morgan fingerprint density at radius 2 is 1.34 bits per heavy atom. The number of esters is 1. The second-order valence-corrected chi connectivity index (χ2v) is 12.3. The molecule has 274 valence electrons. The van der Waals surface area contributed by atoms with E-state index in [4.69, 9.17) is 24.7 Å². The molecular weight excluding hydrogens is 604 g/mol. The van der Waals surface area contributed by atoms with Crippen molar-refractivity contribution < 1.29 is 38.1 Å². The molecule has 4 N–H and O–H groups in total. The maximum absolute atomic E-state index is 13.3. The van der Waals surface area contributed by atoms with Gasteiger partial charge in [0, 0.05) is 39.1 Å². The number of carbonyl (C=O) groups excluding carboxylic acids is 4. The zero-order valence-electron chi connectivity index (χ0n) is 29.5. The van der Waals surface area contributed by atoms with Crippen molar-refractivity contribution >= 4 is 23.7 Å². The van der Waals surface area contributed by atoms with Crippen LogP contribution in [-0.2, 0) is 38.1 Å². The topological polar surface area (TPSA) is 159 Å². The summed E-state index contributed by atoms with van der Waals surface area (Å²) < 4.78 is 21.1. The maximum Gasteiger partial charge on any atom is 0.305 e. The van der Waals surface area contributed by atoms with Gasteiger partial charge in [-0.2, -0.15) is 0 Å². The fourth-order valence-corrected chi connectivity index (χ4v) is 5.56. The number of hydrogen-bond donors (Lipinski definition) is 3. The molecule has 0 radical (unpaired) electrons. The molecule has 2 atom stereocenters. The molecule has 0 saturated carbocycles. The Morgan fingerprint density at radius 1 is 0.766 bits per heavy atom. The second kappa shape index (κ2) is 29.8. The molecule has 47 heavy (non-hydrogen) atoms. The Kier molecular flexibility index (Phi) is 27.1. The molecule has 1 heterocycles. The largest absolute Gasteiger partial charge is 0.469 e. The highest BCUT2D eigenvalue weighted by atomic mass is 16.5. The van der Waals surface area contributed by atoms with Gasteiger partial charge >= 0.3 is 5.97 Å². The molecule has 1 aliphatic heterocycles. The molecule has 12 heteroatoms. The van der Waals surface area contributed by atoms with E-state index in [0.29, 0.717) is 78.5 Å². The normalized spacial score (nSPS) is 15.0. The number of carbonyl (C=O) groups is 4. The number of methoxy groups -OCH3 is 1. The fourth-order valence-electron chi connectivity index (χ4n) is 5.56. The van der Waals surface area contributed by atoms with Crippen LogP contribution in [0.25, 0.3) is 0 Å². The van der Waals surface area contributed by atoms with Gasteiger partial charge < -0.3 is 40.2 Å². The quantitative estimate of drug-likeness (QED) is 0.0732. The lowest BCUT2D eigenvalue weighted by Crippen LogP contribution is -2.53. The van der Waals surface area contributed by atoms with Gasteiger partial charge in [-0.3, -0.25) is 19.2 Å². The Labute approximate surface area is 283 Å². The highest BCUT2D eigenvalue weighted by molar-refractivity contribution is 5.92. The van der Waals surface area contributed by atoms with Crippen molar-refractivity contribution in [3.8, 4) is 0 Å². The van der Waals surface area contributed by atoms with Crippen molar-refractivity contribution in [3.05, 3.63) is 0 Å². The van der Waals surface area contributed by atoms with Crippen LogP contribution < -0.4 is 16.4 Å². The van der Waals surface area contributed by atoms with Crippen LogP contribution in [0.3, 0.4) is 0 Å². The first-order valence-electron chi connectivity index (χ1n) is 18.3. The van der Waals surface area contributed by atoms with Crippen LogP contribution in [0.4, 0.5) is 0 Å². The van der Waals surface area contributed by atoms with Crippen molar-refractivity contribution in [2.75, 3.05) is 66.4 Å². The van der Waals surface area contributed by atoms with E-state index in [0.717, 1.165) is 32.1 Å². The molecule has 1 rings (SSSR count). The van der Waals surface area contributed by atoms with E-state index in [1.807, 2.05) is 0 Å². The lowest BCUT2D eigenvalue weighted by molar-refractivity contribution is -0.141. The Morgan fingerprint density at radius 3 is 1.94 bits per heavy atom. The van der Waals surface area contributed by atoms with E-state index in [1.54, 1.807) is 4.90 Å². The summed E-state index contributed by atoms with van der Waals surface area (Å²) in [6.45, 7) is 6.72. The van der Waals surface area contributed by atoms with Gasteiger partial charge in [0.05, 0.1) is 33.5 Å². The van der Waals surface area contributed by atoms with Gasteiger partial charge in [-0.05, 0) is 45.1 Å². The molecule has 0 bridgehead atoms. The number of nitrogens with two attached hydrogens (primary N) is 1. The predicted molar refractivity (Wildman–Crippen MR) is 183 cm³/mol. The van der Waals surface area contributed by atoms with Crippen molar-refractivity contribution in [1.82, 2.24) is 15.5 Å². The van der Waals surface area contributed by atoms with Gasteiger partial charge in [0.2, 0.25) is 17.7 Å². The second-order valence-electron chi connectivity index (χ2n) is 12.3. The van der Waals surface area contributed by atoms with E-state index in [9.17, 15) is 19.2 Å². The number of unbranched alkanes of at least 4 members (excludes halogenated alkanes) is 10. The summed E-state index contributed by atoms with van der Waals surface area (Å²) in [6.07, 6.45) is 16.6. The first kappa shape index (κ1) is 42.7. The minimum absolute atomic E-state index is 0.00428. The Bertz CT molecular complexity index is 831. The van der Waals surface area contributed by atoms with Gasteiger partial charge in [-0.1, -0.05) is 71.1 Å². The highest BCUT2D eigenvalue weighted by Gasteiger charge is 2.35. The third-order valence-corrected chi connectivity index (χ3v) is 8.37. The summed E-state index contributed by atoms with van der Waals surface area (Å²) in [5.41, 5.74) is 5.42. The molecule has 0 aliphatic carbocycles. The lowest BCUT2D eigenvalue weighted by Gasteiger charge is -2.26. The third kappa shape index (κ3) is 22.1. The Balaban J connectivity index is 2.36. The van der Waals surface area contributed by atoms with Crippen LogP contribution in [0.1, 0.15) is 122 Å². The van der Waals surface area contributed by atoms with E-state index >= 15 is 0 Å². The van der Waals surface area contributed by atoms with Gasteiger partial charge in [0.25, 0.3) is 0 Å². The lowest BCUT2D eigenvalue weighted by atomic mass is 10.0. The summed E-state index contributed by atoms with van der Waals surface area (Å²) in [5, 5.41) is 5.65. The SMILES string of the molecule is CCCCCCCCCCCCCC(=O)N1CCCC1C(=O)NC(CCC(=O)OC)C(=O)NCCCOCCOCCOCCCN. The zero-order valence-corrected chi connectivity index (χ0v) is 29.5. The van der Waals surface area contributed by atoms with Crippen LogP contribution >= 0.6 is 0 Å². The molecule has 0 spiro atoms. The molecule has 0 aromatic carbocycles. The fraction of sp³-hybridized carbons (Fsp3) is 0.886. The summed E-state index contributed by atoms with van der Waals surface area (Å²) in [5.74, 6) is -1.19. The average molecular weight is 671 g/mol. The summed E-state index contributed by atoms with van der Waals surface area (Å²) in [7, 11) is 1.29. The van der Waals surface area contributed by atoms with E-state index in [1.165, 1.54) is 58.5 Å². The number of nitrogens with zero attached hydrogens (tertiary/aromatic N) is 1. The van der Waals surface area contributed by atoms with Crippen LogP contribution in [0.2, 0.25) is 0 Å². The molecular formula is C35H66N4O8. The van der Waals surface area contributed by atoms with Crippen molar-refractivity contribution in [1.29, 1.82) is 0 Å². The van der Waals surface area contributed by atoms with Crippen LogP contribution in [0.5, 0.6) is 0 Å². The molecule has 3 amide bonds. The molecule has 0 aromatic heterocycles. The zero-order chi connectivity index (χ0) is 34.4. The van der Waals surface area contributed by atoms with Crippen molar-refractivity contribution in [2.45, 2.75) is 135 Å². The van der Waals surface area contributed by atoms with Gasteiger partial charge in [0.15, 0.2) is 0 Å². The third-order valence-electron chi connectivity index (χ3n) is 8.37. The molecule has 1 saturated heterocycles. The van der Waals surface area contributed by atoms with Crippen LogP contribution in [0, 0.1) is 0 Å². The summed E-state index contributed by atoms with van der Waals surface area (Å²) >= 11 is 0. The first-order chi connectivity index (χ1) is 22.9. The van der Waals surface area contributed by atoms with Crippen LogP contribution in [-0.4, -0.2) is 107 Å². The number of amides is 3. The van der Waals surface area contributed by atoms with Crippen molar-refractivity contribution in [3.63, 3.8) is 0 Å². The van der Waals surface area contributed by atoms with Crippen LogP contribution in [0.15, 0.2) is 0 Å². The smallest absolute Gasteiger partial charge is 0.305 e. The number of nitrogens with one attached hydrogen (secondary N) is 2. The van der Waals surface area contributed by atoms with E-state index in [-0.39, 0.29) is 30.6 Å². The van der Waals surface area contributed by atoms with Gasteiger partial charge in [-0.15, -0.1) is 0 Å². The molecule has 0 aromatic rings. The monoisotopic (exact) mass is 670 g/mol. The summed E-state index contributed by atoms with van der Waals surface area (Å²) in [6, 6.07) is -1.51. The average Bonchev–Trinajstić information content (AvgIpc) is 3.58. The number of likely N-dealkylation sites (tertiary alicyclic amines) is 1. The molecule has 2 unspecified atom stereocenters. The number of rotatable bonds is 31. The number of ether oxygens (including phenoxy) is 4. The Hall–Kier alpha value is -2.28. The maximum atomic E-state index is 13.3. The minimum atomic E-state index is -0.910. The van der Waals surface area contributed by atoms with Crippen molar-refractivity contribution in [2.24, 2.45) is 5.73 Å². The predicted octanol–water partition coefficient (Wildman–Crippen LogP) is 4.02. The molecule has 1 fully saturated rings. The minimum Gasteiger partial charge on any atom is -0.469 e. The van der Waals surface area contributed by atoms with Gasteiger partial charge in [-0.25, -0.2) is 0 Å². The highest BCUT2D eigenvalue weighted by Crippen LogP contribution is 2.20. The summed E-state index contributed by atoms with van der Waals surface area (Å²) in [4.78, 5) is 52.8. The van der Waals surface area contributed by atoms with E-state index < -0.39 is 18.1 Å². The van der Waals surface area contributed by atoms with Gasteiger partial charge in [0.1, 0.15) is 12.1 Å². The molecule has 1 aliphatic rings. The number of hydrogen-bond acceptors (Lipinski definition) is 9. The standard InChI is InChI=1S/C35H66N4O8/c1-3-4-5-6-7-8-9-10-11-12-13-18-32(40)39-23-14-17-31(39)35(43)38-30(19-20-33(41)44-2)34(42)37-22-16-25-46-27-29-47-28-26-45-24-15-21-36/h30-31H,3-29,36H2,1-2H3,(H,37,42)(H,38,43). The molecule has 12 nitrogen and oxygen atoms in total.